The second kappa shape index (κ2) is 6.85. The van der Waals surface area contributed by atoms with Crippen molar-refractivity contribution in [2.75, 3.05) is 5.73 Å². The van der Waals surface area contributed by atoms with Gasteiger partial charge in [-0.1, -0.05) is 0 Å². The van der Waals surface area contributed by atoms with Crippen LogP contribution >= 0.6 is 0 Å². The molecule has 3 N–H and O–H groups in total. The van der Waals surface area contributed by atoms with E-state index in [9.17, 15) is 4.79 Å². The van der Waals surface area contributed by atoms with Crippen LogP contribution in [-0.4, -0.2) is 37.5 Å². The first-order valence-electron chi connectivity index (χ1n) is 8.74. The van der Waals surface area contributed by atoms with E-state index in [1.807, 2.05) is 25.5 Å². The summed E-state index contributed by atoms with van der Waals surface area (Å²) in [5, 5.41) is 8.28. The summed E-state index contributed by atoms with van der Waals surface area (Å²) in [6, 6.07) is 0.179. The van der Waals surface area contributed by atoms with Crippen LogP contribution in [0.5, 0.6) is 0 Å². The third-order valence-electron chi connectivity index (χ3n) is 4.39. The molecule has 1 saturated carbocycles. The summed E-state index contributed by atoms with van der Waals surface area (Å²) in [5.74, 6) is 0.774. The van der Waals surface area contributed by atoms with Crippen LogP contribution in [-0.2, 0) is 11.3 Å². The molecular formula is C17H26N6O2. The molecule has 1 amide bonds. The molecule has 136 valence electrons. The molecule has 25 heavy (non-hydrogen) atoms. The second-order valence-corrected chi connectivity index (χ2v) is 7.70. The molecule has 0 aromatic carbocycles. The minimum atomic E-state index is -0.466. The number of rotatable bonds is 3. The molecule has 0 saturated heterocycles. The van der Waals surface area contributed by atoms with Crippen molar-refractivity contribution in [3.05, 3.63) is 12.4 Å². The maximum atomic E-state index is 11.9. The summed E-state index contributed by atoms with van der Waals surface area (Å²) < 4.78 is 7.22. The number of carbonyl (C=O) groups is 1. The SMILES string of the molecule is CC(C)(C)OC(=O)NC1CCC(Cn2ncc3cnc(N)nc32)CC1. The number of nitrogens with one attached hydrogen (secondary N) is 1. The van der Waals surface area contributed by atoms with Crippen LogP contribution in [0.15, 0.2) is 12.4 Å². The number of nitrogens with two attached hydrogens (primary N) is 1. The van der Waals surface area contributed by atoms with Crippen molar-refractivity contribution >= 4 is 23.1 Å². The summed E-state index contributed by atoms with van der Waals surface area (Å²) in [4.78, 5) is 20.1. The van der Waals surface area contributed by atoms with Gasteiger partial charge in [0.25, 0.3) is 0 Å². The third-order valence-corrected chi connectivity index (χ3v) is 4.39. The molecular weight excluding hydrogens is 320 g/mol. The molecule has 0 bridgehead atoms. The Kier molecular flexibility index (Phi) is 4.78. The lowest BCUT2D eigenvalue weighted by Gasteiger charge is -2.30. The molecule has 8 heteroatoms. The van der Waals surface area contributed by atoms with Crippen molar-refractivity contribution in [1.82, 2.24) is 25.1 Å². The zero-order valence-corrected chi connectivity index (χ0v) is 15.0. The molecule has 1 aliphatic rings. The zero-order chi connectivity index (χ0) is 18.0. The van der Waals surface area contributed by atoms with E-state index in [2.05, 4.69) is 20.4 Å². The number of ether oxygens (including phenoxy) is 1. The molecule has 0 radical (unpaired) electrons. The fraction of sp³-hybridized carbons (Fsp3) is 0.647. The maximum Gasteiger partial charge on any atom is 0.407 e. The zero-order valence-electron chi connectivity index (χ0n) is 15.0. The summed E-state index contributed by atoms with van der Waals surface area (Å²) in [6.45, 7) is 6.41. The number of carbonyl (C=O) groups excluding carboxylic acids is 1. The summed E-state index contributed by atoms with van der Waals surface area (Å²) in [5.41, 5.74) is 5.99. The third kappa shape index (κ3) is 4.58. The Labute approximate surface area is 147 Å². The largest absolute Gasteiger partial charge is 0.444 e. The smallest absolute Gasteiger partial charge is 0.407 e. The van der Waals surface area contributed by atoms with Crippen LogP contribution in [0.3, 0.4) is 0 Å². The highest BCUT2D eigenvalue weighted by atomic mass is 16.6. The molecule has 0 unspecified atom stereocenters. The van der Waals surface area contributed by atoms with Gasteiger partial charge in [0, 0.05) is 18.8 Å². The lowest BCUT2D eigenvalue weighted by Crippen LogP contribution is -2.41. The fourth-order valence-electron chi connectivity index (χ4n) is 3.22. The summed E-state index contributed by atoms with van der Waals surface area (Å²) >= 11 is 0. The van der Waals surface area contributed by atoms with Gasteiger partial charge < -0.3 is 15.8 Å². The van der Waals surface area contributed by atoms with Gasteiger partial charge in [0.05, 0.1) is 11.6 Å². The van der Waals surface area contributed by atoms with Crippen molar-refractivity contribution in [1.29, 1.82) is 0 Å². The van der Waals surface area contributed by atoms with E-state index >= 15 is 0 Å². The fourth-order valence-corrected chi connectivity index (χ4v) is 3.22. The van der Waals surface area contributed by atoms with Gasteiger partial charge in [-0.25, -0.2) is 14.5 Å². The normalized spacial score (nSPS) is 21.2. The Balaban J connectivity index is 1.52. The molecule has 1 aliphatic carbocycles. The van der Waals surface area contributed by atoms with Crippen LogP contribution in [0.1, 0.15) is 46.5 Å². The summed E-state index contributed by atoms with van der Waals surface area (Å²) in [7, 11) is 0. The lowest BCUT2D eigenvalue weighted by atomic mass is 9.86. The minimum Gasteiger partial charge on any atom is -0.444 e. The molecule has 2 aromatic heterocycles. The molecule has 0 aliphatic heterocycles. The van der Waals surface area contributed by atoms with Gasteiger partial charge in [-0.05, 0) is 52.4 Å². The lowest BCUT2D eigenvalue weighted by molar-refractivity contribution is 0.0486. The molecule has 0 atom stereocenters. The van der Waals surface area contributed by atoms with E-state index in [0.717, 1.165) is 43.3 Å². The minimum absolute atomic E-state index is 0.179. The number of nitrogens with zero attached hydrogens (tertiary/aromatic N) is 4. The van der Waals surface area contributed by atoms with Gasteiger partial charge >= 0.3 is 6.09 Å². The number of nitrogen functional groups attached to an aromatic ring is 1. The average Bonchev–Trinajstić information content (AvgIpc) is 2.89. The number of hydrogen-bond acceptors (Lipinski definition) is 6. The Morgan fingerprint density at radius 1 is 1.32 bits per heavy atom. The van der Waals surface area contributed by atoms with Crippen LogP contribution in [0.25, 0.3) is 11.0 Å². The molecule has 3 rings (SSSR count). The van der Waals surface area contributed by atoms with E-state index in [1.54, 1.807) is 12.4 Å². The van der Waals surface area contributed by atoms with Crippen molar-refractivity contribution < 1.29 is 9.53 Å². The number of fused-ring (bicyclic) bond motifs is 1. The predicted octanol–water partition coefficient (Wildman–Crippen LogP) is 2.49. The first kappa shape index (κ1) is 17.4. The monoisotopic (exact) mass is 346 g/mol. The first-order chi connectivity index (χ1) is 11.8. The molecule has 8 nitrogen and oxygen atoms in total. The highest BCUT2D eigenvalue weighted by molar-refractivity contribution is 5.74. The number of hydrogen-bond donors (Lipinski definition) is 2. The van der Waals surface area contributed by atoms with E-state index in [4.69, 9.17) is 10.5 Å². The van der Waals surface area contributed by atoms with Crippen LogP contribution in [0.4, 0.5) is 10.7 Å². The molecule has 1 fully saturated rings. The molecule has 2 heterocycles. The van der Waals surface area contributed by atoms with Crippen LogP contribution in [0.2, 0.25) is 0 Å². The number of aromatic nitrogens is 4. The van der Waals surface area contributed by atoms with E-state index in [0.29, 0.717) is 5.92 Å². The van der Waals surface area contributed by atoms with E-state index in [1.165, 1.54) is 0 Å². The average molecular weight is 346 g/mol. The van der Waals surface area contributed by atoms with Crippen LogP contribution < -0.4 is 11.1 Å². The first-order valence-corrected chi connectivity index (χ1v) is 8.74. The second-order valence-electron chi connectivity index (χ2n) is 7.70. The Morgan fingerprint density at radius 3 is 2.72 bits per heavy atom. The Morgan fingerprint density at radius 2 is 2.04 bits per heavy atom. The number of amides is 1. The Hall–Kier alpha value is -2.38. The van der Waals surface area contributed by atoms with Crippen molar-refractivity contribution in [3.8, 4) is 0 Å². The summed E-state index contributed by atoms with van der Waals surface area (Å²) in [6.07, 6.45) is 7.08. The van der Waals surface area contributed by atoms with E-state index in [-0.39, 0.29) is 18.1 Å². The van der Waals surface area contributed by atoms with Gasteiger partial charge in [-0.2, -0.15) is 10.1 Å². The predicted molar refractivity (Wildman–Crippen MR) is 94.9 cm³/mol. The van der Waals surface area contributed by atoms with Crippen molar-refractivity contribution in [2.45, 2.75) is 64.6 Å². The van der Waals surface area contributed by atoms with Gasteiger partial charge in [-0.3, -0.25) is 0 Å². The Bertz CT molecular complexity index is 743. The molecule has 0 spiro atoms. The topological polar surface area (TPSA) is 108 Å². The maximum absolute atomic E-state index is 11.9. The van der Waals surface area contributed by atoms with Gasteiger partial charge in [0.15, 0.2) is 5.65 Å². The number of anilines is 1. The van der Waals surface area contributed by atoms with Gasteiger partial charge in [0.2, 0.25) is 5.95 Å². The van der Waals surface area contributed by atoms with Crippen molar-refractivity contribution in [2.24, 2.45) is 5.92 Å². The van der Waals surface area contributed by atoms with Crippen LogP contribution in [0, 0.1) is 5.92 Å². The standard InChI is InChI=1S/C17H26N6O2/c1-17(2,3)25-16(24)21-13-6-4-11(5-7-13)10-23-14-12(9-20-23)8-19-15(18)22-14/h8-9,11,13H,4-7,10H2,1-3H3,(H,21,24)(H2,18,19,22). The van der Waals surface area contributed by atoms with Gasteiger partial charge in [-0.15, -0.1) is 0 Å². The highest BCUT2D eigenvalue weighted by Crippen LogP contribution is 2.27. The highest BCUT2D eigenvalue weighted by Gasteiger charge is 2.25. The molecule has 2 aromatic rings. The van der Waals surface area contributed by atoms with Gasteiger partial charge in [0.1, 0.15) is 5.60 Å². The van der Waals surface area contributed by atoms with E-state index < -0.39 is 5.60 Å². The number of alkyl carbamates (subject to hydrolysis) is 1. The van der Waals surface area contributed by atoms with Crippen molar-refractivity contribution in [3.63, 3.8) is 0 Å². The quantitative estimate of drug-likeness (QED) is 0.884.